The zero-order valence-electron chi connectivity index (χ0n) is 15.0. The molecule has 2 fully saturated rings. The molecule has 2 atom stereocenters. The molecule has 0 amide bonds. The van der Waals surface area contributed by atoms with Gasteiger partial charge in [0.2, 0.25) is 0 Å². The van der Waals surface area contributed by atoms with Crippen LogP contribution < -0.4 is 4.90 Å². The van der Waals surface area contributed by atoms with E-state index in [1.165, 1.54) is 17.6 Å². The molecule has 1 aromatic carbocycles. The van der Waals surface area contributed by atoms with Gasteiger partial charge in [-0.2, -0.15) is 0 Å². The summed E-state index contributed by atoms with van der Waals surface area (Å²) in [6, 6.07) is 15.0. The minimum atomic E-state index is 0.745. The minimum absolute atomic E-state index is 0.745. The number of hydrogen-bond acceptors (Lipinski definition) is 4. The van der Waals surface area contributed by atoms with E-state index in [9.17, 15) is 0 Å². The number of anilines is 1. The molecule has 2 aromatic rings. The molecule has 5 rings (SSSR count). The SMILES string of the molecule is C1=CC2CC2C=C1c1ccc(N2CCN(Cc3ccccc3)CC2)nn1. The molecule has 1 saturated heterocycles. The predicted octanol–water partition coefficient (Wildman–Crippen LogP) is 3.39. The number of benzene rings is 1. The largest absolute Gasteiger partial charge is 0.353 e. The second-order valence-corrected chi connectivity index (χ2v) is 7.57. The van der Waals surface area contributed by atoms with Gasteiger partial charge in [0, 0.05) is 32.7 Å². The van der Waals surface area contributed by atoms with Crippen molar-refractivity contribution in [3.63, 3.8) is 0 Å². The maximum Gasteiger partial charge on any atom is 0.151 e. The summed E-state index contributed by atoms with van der Waals surface area (Å²) in [7, 11) is 0. The zero-order chi connectivity index (χ0) is 17.3. The summed E-state index contributed by atoms with van der Waals surface area (Å²) < 4.78 is 0. The normalized spacial score (nSPS) is 24.9. The molecule has 2 heterocycles. The number of nitrogens with zero attached hydrogens (tertiary/aromatic N) is 4. The Morgan fingerprint density at radius 1 is 0.885 bits per heavy atom. The van der Waals surface area contributed by atoms with Crippen LogP contribution >= 0.6 is 0 Å². The maximum atomic E-state index is 4.51. The molecule has 1 aromatic heterocycles. The first-order chi connectivity index (χ1) is 12.8. The highest BCUT2D eigenvalue weighted by Crippen LogP contribution is 2.45. The third kappa shape index (κ3) is 3.29. The van der Waals surface area contributed by atoms with Gasteiger partial charge in [0.25, 0.3) is 0 Å². The lowest BCUT2D eigenvalue weighted by Crippen LogP contribution is -2.46. The van der Waals surface area contributed by atoms with Gasteiger partial charge in [-0.05, 0) is 41.5 Å². The molecule has 0 spiro atoms. The van der Waals surface area contributed by atoms with Crippen LogP contribution in [0.25, 0.3) is 5.57 Å². The third-order valence-electron chi connectivity index (χ3n) is 5.70. The van der Waals surface area contributed by atoms with Crippen molar-refractivity contribution < 1.29 is 0 Å². The standard InChI is InChI=1S/C22H24N4/c1-2-4-17(5-3-1)16-25-10-12-26(13-11-25)22-9-8-21(23-24-22)19-7-6-18-14-20(18)15-19/h1-9,15,18,20H,10-14,16H2. The number of fused-ring (bicyclic) bond motifs is 1. The van der Waals surface area contributed by atoms with Crippen molar-refractivity contribution in [1.29, 1.82) is 0 Å². The van der Waals surface area contributed by atoms with E-state index in [4.69, 9.17) is 0 Å². The van der Waals surface area contributed by atoms with E-state index in [0.29, 0.717) is 0 Å². The zero-order valence-corrected chi connectivity index (χ0v) is 15.0. The first kappa shape index (κ1) is 15.8. The molecule has 2 aliphatic carbocycles. The fraction of sp³-hybridized carbons (Fsp3) is 0.364. The number of aromatic nitrogens is 2. The lowest BCUT2D eigenvalue weighted by atomic mass is 10.0. The van der Waals surface area contributed by atoms with Gasteiger partial charge in [-0.25, -0.2) is 0 Å². The Kier molecular flexibility index (Phi) is 4.06. The first-order valence-corrected chi connectivity index (χ1v) is 9.60. The summed E-state index contributed by atoms with van der Waals surface area (Å²) in [4.78, 5) is 4.86. The molecule has 132 valence electrons. The van der Waals surface area contributed by atoms with E-state index in [2.05, 4.69) is 80.7 Å². The van der Waals surface area contributed by atoms with Gasteiger partial charge < -0.3 is 4.90 Å². The van der Waals surface area contributed by atoms with Crippen molar-refractivity contribution in [3.05, 3.63) is 72.0 Å². The molecule has 4 heteroatoms. The fourth-order valence-corrected chi connectivity index (χ4v) is 3.96. The highest BCUT2D eigenvalue weighted by atomic mass is 15.3. The van der Waals surface area contributed by atoms with E-state index >= 15 is 0 Å². The fourth-order valence-electron chi connectivity index (χ4n) is 3.96. The molecule has 4 nitrogen and oxygen atoms in total. The summed E-state index contributed by atoms with van der Waals surface area (Å²) in [5.41, 5.74) is 3.62. The molecular formula is C22H24N4. The van der Waals surface area contributed by atoms with Gasteiger partial charge in [0.15, 0.2) is 5.82 Å². The Balaban J connectivity index is 1.19. The lowest BCUT2D eigenvalue weighted by Gasteiger charge is -2.35. The van der Waals surface area contributed by atoms with Crippen LogP contribution in [0.1, 0.15) is 17.7 Å². The van der Waals surface area contributed by atoms with Crippen molar-refractivity contribution >= 4 is 11.4 Å². The highest BCUT2D eigenvalue weighted by molar-refractivity contribution is 5.74. The number of piperazine rings is 1. The summed E-state index contributed by atoms with van der Waals surface area (Å²) in [5, 5.41) is 9.00. The van der Waals surface area contributed by atoms with Crippen molar-refractivity contribution in [2.45, 2.75) is 13.0 Å². The molecule has 0 bridgehead atoms. The Hall–Kier alpha value is -2.46. The van der Waals surface area contributed by atoms with Crippen molar-refractivity contribution in [2.75, 3.05) is 31.1 Å². The highest BCUT2D eigenvalue weighted by Gasteiger charge is 2.35. The van der Waals surface area contributed by atoms with Crippen LogP contribution in [-0.2, 0) is 6.54 Å². The second kappa shape index (κ2) is 6.69. The molecule has 0 N–H and O–H groups in total. The average Bonchev–Trinajstić information content (AvgIpc) is 3.48. The Morgan fingerprint density at radius 3 is 2.46 bits per heavy atom. The quantitative estimate of drug-likeness (QED) is 0.851. The summed E-state index contributed by atoms with van der Waals surface area (Å²) >= 11 is 0. The molecule has 3 aliphatic rings. The van der Waals surface area contributed by atoms with Crippen molar-refractivity contribution in [1.82, 2.24) is 15.1 Å². The number of hydrogen-bond donors (Lipinski definition) is 0. The van der Waals surface area contributed by atoms with Gasteiger partial charge in [0.1, 0.15) is 0 Å². The van der Waals surface area contributed by atoms with Gasteiger partial charge in [-0.1, -0.05) is 48.6 Å². The number of rotatable bonds is 4. The van der Waals surface area contributed by atoms with Crippen LogP contribution in [0.5, 0.6) is 0 Å². The lowest BCUT2D eigenvalue weighted by molar-refractivity contribution is 0.249. The van der Waals surface area contributed by atoms with Crippen LogP contribution in [0, 0.1) is 11.8 Å². The van der Waals surface area contributed by atoms with E-state index in [1.54, 1.807) is 0 Å². The molecular weight excluding hydrogens is 320 g/mol. The molecule has 0 radical (unpaired) electrons. The average molecular weight is 344 g/mol. The molecule has 1 aliphatic heterocycles. The maximum absolute atomic E-state index is 4.51. The van der Waals surface area contributed by atoms with Gasteiger partial charge in [-0.15, -0.1) is 10.2 Å². The van der Waals surface area contributed by atoms with Crippen LogP contribution in [0.2, 0.25) is 0 Å². The van der Waals surface area contributed by atoms with Crippen LogP contribution in [0.15, 0.2) is 60.7 Å². The monoisotopic (exact) mass is 344 g/mol. The second-order valence-electron chi connectivity index (χ2n) is 7.57. The van der Waals surface area contributed by atoms with Gasteiger partial charge >= 0.3 is 0 Å². The predicted molar refractivity (Wildman–Crippen MR) is 105 cm³/mol. The Morgan fingerprint density at radius 2 is 1.73 bits per heavy atom. The minimum Gasteiger partial charge on any atom is -0.353 e. The van der Waals surface area contributed by atoms with Crippen LogP contribution in [0.4, 0.5) is 5.82 Å². The van der Waals surface area contributed by atoms with Crippen molar-refractivity contribution in [3.8, 4) is 0 Å². The Labute approximate surface area is 154 Å². The smallest absolute Gasteiger partial charge is 0.151 e. The van der Waals surface area contributed by atoms with E-state index in [0.717, 1.165) is 56.1 Å². The van der Waals surface area contributed by atoms with E-state index in [1.807, 2.05) is 0 Å². The first-order valence-electron chi connectivity index (χ1n) is 9.60. The summed E-state index contributed by atoms with van der Waals surface area (Å²) in [6.07, 6.45) is 8.19. The van der Waals surface area contributed by atoms with E-state index < -0.39 is 0 Å². The number of allylic oxidation sites excluding steroid dienone is 4. The van der Waals surface area contributed by atoms with E-state index in [-0.39, 0.29) is 0 Å². The summed E-state index contributed by atoms with van der Waals surface area (Å²) in [5.74, 6) is 2.53. The Bertz CT molecular complexity index is 817. The third-order valence-corrected chi connectivity index (χ3v) is 5.70. The van der Waals surface area contributed by atoms with Crippen LogP contribution in [0.3, 0.4) is 0 Å². The topological polar surface area (TPSA) is 32.3 Å². The molecule has 26 heavy (non-hydrogen) atoms. The van der Waals surface area contributed by atoms with Crippen LogP contribution in [-0.4, -0.2) is 41.3 Å². The molecule has 1 saturated carbocycles. The van der Waals surface area contributed by atoms with Gasteiger partial charge in [0.05, 0.1) is 5.69 Å². The van der Waals surface area contributed by atoms with Crippen molar-refractivity contribution in [2.24, 2.45) is 11.8 Å². The van der Waals surface area contributed by atoms with Gasteiger partial charge in [-0.3, -0.25) is 4.90 Å². The summed E-state index contributed by atoms with van der Waals surface area (Å²) in [6.45, 7) is 5.17. The molecule has 2 unspecified atom stereocenters.